The molecule has 0 aromatic heterocycles. The van der Waals surface area contributed by atoms with E-state index in [-0.39, 0.29) is 34.8 Å². The number of hydrogen-bond acceptors (Lipinski definition) is 3. The first-order chi connectivity index (χ1) is 8.42. The number of likely N-dealkylation sites (N-methyl/N-ethyl adjacent to an activating group) is 1. The van der Waals surface area contributed by atoms with E-state index < -0.39 is 5.51 Å². The van der Waals surface area contributed by atoms with Gasteiger partial charge in [0.2, 0.25) is 5.91 Å². The van der Waals surface area contributed by atoms with Crippen LogP contribution in [0.5, 0.6) is 0 Å². The standard InChI is InChI=1S/C11H13F3N2OS/c1-2-15-7-10(17)16-8-5-3-4-6-9(8)18-11(12,13)14/h3-6,15H,2,7H2,1H3,(H,16,17). The van der Waals surface area contributed by atoms with Gasteiger partial charge in [0.25, 0.3) is 0 Å². The van der Waals surface area contributed by atoms with Crippen molar-refractivity contribution in [2.75, 3.05) is 18.4 Å². The zero-order valence-corrected chi connectivity index (χ0v) is 10.5. The Morgan fingerprint density at radius 3 is 2.61 bits per heavy atom. The number of rotatable bonds is 5. The van der Waals surface area contributed by atoms with E-state index in [4.69, 9.17) is 0 Å². The molecular weight excluding hydrogens is 265 g/mol. The first-order valence-corrected chi connectivity index (χ1v) is 6.09. The summed E-state index contributed by atoms with van der Waals surface area (Å²) in [6, 6.07) is 5.83. The zero-order valence-electron chi connectivity index (χ0n) is 9.67. The highest BCUT2D eigenvalue weighted by molar-refractivity contribution is 8.00. The monoisotopic (exact) mass is 278 g/mol. The number of anilines is 1. The molecule has 0 saturated carbocycles. The van der Waals surface area contributed by atoms with Crippen LogP contribution < -0.4 is 10.6 Å². The molecule has 100 valence electrons. The van der Waals surface area contributed by atoms with Gasteiger partial charge in [0, 0.05) is 4.90 Å². The average Bonchev–Trinajstić information content (AvgIpc) is 2.27. The summed E-state index contributed by atoms with van der Waals surface area (Å²) in [6.45, 7) is 2.52. The van der Waals surface area contributed by atoms with Gasteiger partial charge in [-0.25, -0.2) is 0 Å². The third kappa shape index (κ3) is 5.42. The third-order valence-corrected chi connectivity index (χ3v) is 2.73. The Labute approximate surface area is 107 Å². The van der Waals surface area contributed by atoms with E-state index in [1.807, 2.05) is 6.92 Å². The van der Waals surface area contributed by atoms with Gasteiger partial charge in [0.1, 0.15) is 0 Å². The van der Waals surface area contributed by atoms with Gasteiger partial charge < -0.3 is 10.6 Å². The number of carbonyl (C=O) groups is 1. The van der Waals surface area contributed by atoms with E-state index in [9.17, 15) is 18.0 Å². The first kappa shape index (κ1) is 14.8. The number of para-hydroxylation sites is 1. The number of halogens is 3. The lowest BCUT2D eigenvalue weighted by atomic mass is 10.3. The van der Waals surface area contributed by atoms with Gasteiger partial charge in [-0.2, -0.15) is 13.2 Å². The molecule has 0 bridgehead atoms. The van der Waals surface area contributed by atoms with Crippen LogP contribution in [-0.4, -0.2) is 24.5 Å². The van der Waals surface area contributed by atoms with Crippen LogP contribution in [0, 0.1) is 0 Å². The number of hydrogen-bond donors (Lipinski definition) is 2. The molecule has 0 aliphatic carbocycles. The molecule has 1 aromatic carbocycles. The largest absolute Gasteiger partial charge is 0.446 e. The quantitative estimate of drug-likeness (QED) is 0.814. The molecule has 0 aliphatic heterocycles. The highest BCUT2D eigenvalue weighted by Crippen LogP contribution is 2.40. The highest BCUT2D eigenvalue weighted by atomic mass is 32.2. The summed E-state index contributed by atoms with van der Waals surface area (Å²) < 4.78 is 36.9. The molecule has 18 heavy (non-hydrogen) atoms. The molecule has 0 radical (unpaired) electrons. The van der Waals surface area contributed by atoms with Gasteiger partial charge >= 0.3 is 5.51 Å². The van der Waals surface area contributed by atoms with E-state index >= 15 is 0 Å². The zero-order chi connectivity index (χ0) is 13.6. The lowest BCUT2D eigenvalue weighted by Crippen LogP contribution is -2.28. The van der Waals surface area contributed by atoms with Crippen molar-refractivity contribution in [3.8, 4) is 0 Å². The smallest absolute Gasteiger partial charge is 0.324 e. The molecule has 0 atom stereocenters. The Bertz CT molecular complexity index is 410. The van der Waals surface area contributed by atoms with Crippen LogP contribution >= 0.6 is 11.8 Å². The van der Waals surface area contributed by atoms with E-state index in [0.29, 0.717) is 6.54 Å². The topological polar surface area (TPSA) is 41.1 Å². The second-order valence-corrected chi connectivity index (χ2v) is 4.48. The fourth-order valence-electron chi connectivity index (χ4n) is 1.22. The van der Waals surface area contributed by atoms with Crippen molar-refractivity contribution in [2.24, 2.45) is 0 Å². The van der Waals surface area contributed by atoms with Crippen LogP contribution in [0.1, 0.15) is 6.92 Å². The van der Waals surface area contributed by atoms with Crippen molar-refractivity contribution in [2.45, 2.75) is 17.3 Å². The Kier molecular flexibility index (Phi) is 5.49. The van der Waals surface area contributed by atoms with Crippen molar-refractivity contribution in [3.63, 3.8) is 0 Å². The van der Waals surface area contributed by atoms with E-state index in [2.05, 4.69) is 10.6 Å². The lowest BCUT2D eigenvalue weighted by molar-refractivity contribution is -0.115. The van der Waals surface area contributed by atoms with Crippen molar-refractivity contribution in [1.82, 2.24) is 5.32 Å². The molecule has 0 aliphatic rings. The maximum Gasteiger partial charge on any atom is 0.446 e. The minimum Gasteiger partial charge on any atom is -0.324 e. The van der Waals surface area contributed by atoms with Crippen LogP contribution in [0.4, 0.5) is 18.9 Å². The summed E-state index contributed by atoms with van der Waals surface area (Å²) in [5, 5.41) is 5.24. The van der Waals surface area contributed by atoms with Gasteiger partial charge in [0.05, 0.1) is 12.2 Å². The molecule has 1 aromatic rings. The maximum absolute atomic E-state index is 12.3. The number of alkyl halides is 3. The Hall–Kier alpha value is -1.21. The van der Waals surface area contributed by atoms with Gasteiger partial charge in [-0.15, -0.1) is 0 Å². The van der Waals surface area contributed by atoms with Crippen LogP contribution in [0.25, 0.3) is 0 Å². The van der Waals surface area contributed by atoms with Gasteiger partial charge in [0.15, 0.2) is 0 Å². The molecule has 1 amide bonds. The third-order valence-electron chi connectivity index (χ3n) is 1.92. The van der Waals surface area contributed by atoms with Crippen molar-refractivity contribution in [3.05, 3.63) is 24.3 Å². The normalized spacial score (nSPS) is 11.3. The maximum atomic E-state index is 12.3. The van der Waals surface area contributed by atoms with E-state index in [0.717, 1.165) is 0 Å². The molecule has 7 heteroatoms. The molecule has 0 unspecified atom stereocenters. The molecule has 0 saturated heterocycles. The number of nitrogens with one attached hydrogen (secondary N) is 2. The van der Waals surface area contributed by atoms with Crippen molar-refractivity contribution < 1.29 is 18.0 Å². The van der Waals surface area contributed by atoms with Crippen molar-refractivity contribution in [1.29, 1.82) is 0 Å². The summed E-state index contributed by atoms with van der Waals surface area (Å²) in [7, 11) is 0. The van der Waals surface area contributed by atoms with Crippen molar-refractivity contribution >= 4 is 23.4 Å². The number of benzene rings is 1. The van der Waals surface area contributed by atoms with Crippen LogP contribution in [-0.2, 0) is 4.79 Å². The molecule has 0 spiro atoms. The number of amides is 1. The summed E-state index contributed by atoms with van der Waals surface area (Å²) >= 11 is -0.242. The molecule has 0 fully saturated rings. The summed E-state index contributed by atoms with van der Waals surface area (Å²) in [5.74, 6) is -0.368. The Morgan fingerprint density at radius 2 is 2.00 bits per heavy atom. The van der Waals surface area contributed by atoms with Gasteiger partial charge in [-0.3, -0.25) is 4.79 Å². The first-order valence-electron chi connectivity index (χ1n) is 5.27. The summed E-state index contributed by atoms with van der Waals surface area (Å²) in [6.07, 6.45) is 0. The second kappa shape index (κ2) is 6.65. The Balaban J connectivity index is 2.73. The average molecular weight is 278 g/mol. The van der Waals surface area contributed by atoms with E-state index in [1.165, 1.54) is 18.2 Å². The fraction of sp³-hybridized carbons (Fsp3) is 0.364. The minimum atomic E-state index is -4.37. The summed E-state index contributed by atoms with van der Waals surface area (Å²) in [4.78, 5) is 11.4. The fourth-order valence-corrected chi connectivity index (χ4v) is 1.84. The molecule has 2 N–H and O–H groups in total. The van der Waals surface area contributed by atoms with E-state index in [1.54, 1.807) is 6.07 Å². The number of thioether (sulfide) groups is 1. The molecule has 0 heterocycles. The molecule has 3 nitrogen and oxygen atoms in total. The second-order valence-electron chi connectivity index (χ2n) is 3.37. The minimum absolute atomic E-state index is 0.0187. The highest BCUT2D eigenvalue weighted by Gasteiger charge is 2.30. The predicted molar refractivity (Wildman–Crippen MR) is 65.5 cm³/mol. The van der Waals surface area contributed by atoms with Crippen LogP contribution in [0.2, 0.25) is 0 Å². The Morgan fingerprint density at radius 1 is 1.33 bits per heavy atom. The molecule has 1 rings (SSSR count). The number of carbonyl (C=O) groups excluding carboxylic acids is 1. The van der Waals surface area contributed by atoms with Crippen LogP contribution in [0.3, 0.4) is 0 Å². The molecular formula is C11H13F3N2OS. The predicted octanol–water partition coefficient (Wildman–Crippen LogP) is 2.85. The van der Waals surface area contributed by atoms with Gasteiger partial charge in [-0.05, 0) is 30.4 Å². The SMILES string of the molecule is CCNCC(=O)Nc1ccccc1SC(F)(F)F. The lowest BCUT2D eigenvalue weighted by Gasteiger charge is -2.12. The van der Waals surface area contributed by atoms with Crippen LogP contribution in [0.15, 0.2) is 29.2 Å². The van der Waals surface area contributed by atoms with Gasteiger partial charge in [-0.1, -0.05) is 19.1 Å². The summed E-state index contributed by atoms with van der Waals surface area (Å²) in [5.41, 5.74) is -4.20.